The van der Waals surface area contributed by atoms with Crippen LogP contribution in [0.3, 0.4) is 0 Å². The number of ether oxygens (including phenoxy) is 2. The van der Waals surface area contributed by atoms with Gasteiger partial charge in [0.2, 0.25) is 0 Å². The molecule has 0 aromatic heterocycles. The summed E-state index contributed by atoms with van der Waals surface area (Å²) >= 11 is 0. The summed E-state index contributed by atoms with van der Waals surface area (Å²) in [4.78, 5) is 22.0. The first-order valence-electron chi connectivity index (χ1n) is 8.63. The topological polar surface area (TPSA) is 54.0 Å². The Balaban J connectivity index is 2.59. The van der Waals surface area contributed by atoms with E-state index in [0.717, 1.165) is 12.8 Å². The quantitative estimate of drug-likeness (QED) is 0.247. The molecule has 1 rings (SSSR count). The fourth-order valence-electron chi connectivity index (χ4n) is 2.55. The van der Waals surface area contributed by atoms with E-state index in [0.29, 0.717) is 25.2 Å². The van der Waals surface area contributed by atoms with Crippen LogP contribution in [-0.4, -0.2) is 31.6 Å². The maximum Gasteiger partial charge on any atom is 0.368 e. The summed E-state index contributed by atoms with van der Waals surface area (Å²) in [6, 6.07) is 0. The highest BCUT2D eigenvalue weighted by Crippen LogP contribution is 2.34. The van der Waals surface area contributed by atoms with E-state index >= 15 is 0 Å². The lowest BCUT2D eigenvalue weighted by atomic mass is 9.80. The molecule has 1 atom stereocenters. The number of unbranched alkanes of at least 4 members (excludes halogenated alkanes) is 3. The molecular weight excluding hydrogens is 296 g/mol. The average Bonchev–Trinajstić information content (AvgIpc) is 3.00. The van der Waals surface area contributed by atoms with Gasteiger partial charge in [0.25, 0.3) is 0 Å². The first-order chi connectivity index (χ1) is 10.9. The van der Waals surface area contributed by atoms with Crippen LogP contribution in [0.4, 0.5) is 0 Å². The predicted octanol–water partition coefficient (Wildman–Crippen LogP) is 4.17. The van der Waals surface area contributed by atoms with Crippen LogP contribution in [-0.2, 0) is 24.0 Å². The molecule has 0 amide bonds. The van der Waals surface area contributed by atoms with Crippen molar-refractivity contribution in [3.8, 4) is 0 Å². The maximum atomic E-state index is 11.6. The number of hydrogen-bond donors (Lipinski definition) is 0. The molecule has 1 fully saturated rings. The predicted molar refractivity (Wildman–Crippen MR) is 88.6 cm³/mol. The highest BCUT2D eigenvalue weighted by atomic mass is 17.2. The Hall–Kier alpha value is -0.910. The zero-order chi connectivity index (χ0) is 17.3. The van der Waals surface area contributed by atoms with Gasteiger partial charge in [-0.3, -0.25) is 4.89 Å². The smallest absolute Gasteiger partial charge is 0.350 e. The van der Waals surface area contributed by atoms with Crippen LogP contribution in [0.15, 0.2) is 12.2 Å². The van der Waals surface area contributed by atoms with Gasteiger partial charge in [-0.05, 0) is 18.8 Å². The van der Waals surface area contributed by atoms with Crippen LogP contribution in [0.5, 0.6) is 0 Å². The third kappa shape index (κ3) is 7.46. The van der Waals surface area contributed by atoms with Crippen molar-refractivity contribution in [3.63, 3.8) is 0 Å². The van der Waals surface area contributed by atoms with Gasteiger partial charge in [0.05, 0.1) is 13.2 Å². The van der Waals surface area contributed by atoms with Crippen LogP contribution in [0.2, 0.25) is 0 Å². The van der Waals surface area contributed by atoms with E-state index in [-0.39, 0.29) is 17.8 Å². The molecule has 0 spiro atoms. The molecule has 134 valence electrons. The molecule has 23 heavy (non-hydrogen) atoms. The average molecular weight is 328 g/mol. The van der Waals surface area contributed by atoms with E-state index in [1.54, 1.807) is 6.92 Å². The van der Waals surface area contributed by atoms with Gasteiger partial charge in [-0.2, -0.15) is 4.89 Å². The third-order valence-corrected chi connectivity index (χ3v) is 4.23. The summed E-state index contributed by atoms with van der Waals surface area (Å²) < 4.78 is 11.0. The monoisotopic (exact) mass is 328 g/mol. The first kappa shape index (κ1) is 20.1. The van der Waals surface area contributed by atoms with Crippen molar-refractivity contribution < 1.29 is 24.0 Å². The molecule has 0 N–H and O–H groups in total. The van der Waals surface area contributed by atoms with Gasteiger partial charge in [0, 0.05) is 12.0 Å². The molecule has 0 bridgehead atoms. The fourth-order valence-corrected chi connectivity index (χ4v) is 2.55. The van der Waals surface area contributed by atoms with E-state index in [1.807, 2.05) is 0 Å². The Kier molecular flexibility index (Phi) is 8.81. The van der Waals surface area contributed by atoms with Crippen molar-refractivity contribution in [1.82, 2.24) is 0 Å². The fraction of sp³-hybridized carbons (Fsp3) is 0.833. The van der Waals surface area contributed by atoms with Gasteiger partial charge in [0.15, 0.2) is 6.29 Å². The summed E-state index contributed by atoms with van der Waals surface area (Å²) in [6.45, 7) is 12.8. The summed E-state index contributed by atoms with van der Waals surface area (Å²) in [7, 11) is 0. The molecule has 1 unspecified atom stereocenters. The second-order valence-electron chi connectivity index (χ2n) is 6.94. The minimum atomic E-state index is -0.537. The van der Waals surface area contributed by atoms with Crippen LogP contribution in [0, 0.1) is 5.41 Å². The van der Waals surface area contributed by atoms with Gasteiger partial charge >= 0.3 is 5.97 Å². The Bertz CT molecular complexity index is 372. The van der Waals surface area contributed by atoms with Crippen LogP contribution in [0.1, 0.15) is 66.2 Å². The Labute approximate surface area is 140 Å². The Morgan fingerprint density at radius 1 is 1.26 bits per heavy atom. The molecule has 5 nitrogen and oxygen atoms in total. The molecular formula is C18H32O5. The second-order valence-corrected chi connectivity index (χ2v) is 6.94. The van der Waals surface area contributed by atoms with E-state index < -0.39 is 5.97 Å². The lowest BCUT2D eigenvalue weighted by Crippen LogP contribution is -2.36. The molecule has 1 heterocycles. The molecule has 0 aromatic carbocycles. The minimum absolute atomic E-state index is 0.140. The first-order valence-corrected chi connectivity index (χ1v) is 8.63. The van der Waals surface area contributed by atoms with Gasteiger partial charge in [0.1, 0.15) is 6.10 Å². The maximum absolute atomic E-state index is 11.6. The highest BCUT2D eigenvalue weighted by molar-refractivity contribution is 5.86. The zero-order valence-electron chi connectivity index (χ0n) is 15.1. The molecule has 1 saturated heterocycles. The van der Waals surface area contributed by atoms with Gasteiger partial charge in [-0.25, -0.2) is 4.79 Å². The van der Waals surface area contributed by atoms with E-state index in [4.69, 9.17) is 19.2 Å². The summed E-state index contributed by atoms with van der Waals surface area (Å²) in [5.41, 5.74) is 0.177. The van der Waals surface area contributed by atoms with Crippen LogP contribution < -0.4 is 0 Å². The number of carbonyl (C=O) groups is 1. The molecule has 0 aliphatic carbocycles. The lowest BCUT2D eigenvalue weighted by molar-refractivity contribution is -0.320. The molecule has 0 saturated carbocycles. The van der Waals surface area contributed by atoms with Crippen molar-refractivity contribution in [2.45, 2.75) is 78.6 Å². The van der Waals surface area contributed by atoms with Gasteiger partial charge < -0.3 is 9.47 Å². The highest BCUT2D eigenvalue weighted by Gasteiger charge is 2.35. The van der Waals surface area contributed by atoms with Crippen molar-refractivity contribution in [3.05, 3.63) is 12.2 Å². The normalized spacial score (nSPS) is 17.2. The van der Waals surface area contributed by atoms with E-state index in [1.165, 1.54) is 19.3 Å². The van der Waals surface area contributed by atoms with Crippen LogP contribution in [0.25, 0.3) is 0 Å². The third-order valence-electron chi connectivity index (χ3n) is 4.23. The summed E-state index contributed by atoms with van der Waals surface area (Å²) in [5.74, 6) is -0.537. The summed E-state index contributed by atoms with van der Waals surface area (Å²) in [5, 5.41) is 0. The molecule has 0 radical (unpaired) electrons. The Morgan fingerprint density at radius 3 is 2.48 bits per heavy atom. The number of hydrogen-bond acceptors (Lipinski definition) is 5. The lowest BCUT2D eigenvalue weighted by Gasteiger charge is -2.33. The number of carbonyl (C=O) groups excluding carboxylic acids is 1. The van der Waals surface area contributed by atoms with Crippen LogP contribution >= 0.6 is 0 Å². The SMILES string of the molecule is C=C(C)C(=O)OOC(CC1OCCO1)C(C)(C)CCCCCC. The van der Waals surface area contributed by atoms with Crippen molar-refractivity contribution >= 4 is 5.97 Å². The second kappa shape index (κ2) is 10.1. The number of rotatable bonds is 11. The van der Waals surface area contributed by atoms with E-state index in [9.17, 15) is 4.79 Å². The minimum Gasteiger partial charge on any atom is -0.350 e. The molecule has 1 aliphatic rings. The van der Waals surface area contributed by atoms with Gasteiger partial charge in [-0.15, -0.1) is 0 Å². The summed E-state index contributed by atoms with van der Waals surface area (Å²) in [6.07, 6.45) is 5.74. The Morgan fingerprint density at radius 2 is 1.91 bits per heavy atom. The largest absolute Gasteiger partial charge is 0.368 e. The molecule has 0 aromatic rings. The standard InChI is InChI=1S/C18H32O5/c1-6-7-8-9-10-18(4,5)15(13-16-20-11-12-21-16)22-23-17(19)14(2)3/h15-16H,2,6-13H2,1,3-5H3. The van der Waals surface area contributed by atoms with Crippen molar-refractivity contribution in [2.75, 3.05) is 13.2 Å². The zero-order valence-corrected chi connectivity index (χ0v) is 15.1. The molecule has 1 aliphatic heterocycles. The van der Waals surface area contributed by atoms with E-state index in [2.05, 4.69) is 27.4 Å². The van der Waals surface area contributed by atoms with Crippen molar-refractivity contribution in [1.29, 1.82) is 0 Å². The van der Waals surface area contributed by atoms with Crippen molar-refractivity contribution in [2.24, 2.45) is 5.41 Å². The molecule has 5 heteroatoms. The van der Waals surface area contributed by atoms with Gasteiger partial charge in [-0.1, -0.05) is 53.0 Å².